The van der Waals surface area contributed by atoms with Crippen molar-refractivity contribution in [2.24, 2.45) is 5.92 Å². The molecule has 2 amide bonds. The van der Waals surface area contributed by atoms with E-state index in [0.29, 0.717) is 13.1 Å². The lowest BCUT2D eigenvalue weighted by Gasteiger charge is -2.18. The normalized spacial score (nSPS) is 17.8. The molecule has 2 atom stereocenters. The molecule has 0 saturated carbocycles. The molecule has 2 aromatic rings. The molecule has 0 radical (unpaired) electrons. The summed E-state index contributed by atoms with van der Waals surface area (Å²) in [5, 5.41) is 3.00. The Morgan fingerprint density at radius 1 is 1.19 bits per heavy atom. The minimum Gasteiger partial charge on any atom is -0.497 e. The van der Waals surface area contributed by atoms with Gasteiger partial charge >= 0.3 is 0 Å². The van der Waals surface area contributed by atoms with Gasteiger partial charge in [-0.3, -0.25) is 9.59 Å². The SMILES string of the molecule is COc1ccc(N2C[C@@H](C(=O)NC[C@@H](C)c3ccccc3)CC2=O)cc1. The molecule has 26 heavy (non-hydrogen) atoms. The molecule has 0 aromatic heterocycles. The van der Waals surface area contributed by atoms with Crippen molar-refractivity contribution in [3.8, 4) is 5.75 Å². The molecule has 0 spiro atoms. The van der Waals surface area contributed by atoms with Gasteiger partial charge in [-0.15, -0.1) is 0 Å². The standard InChI is InChI=1S/C21H24N2O3/c1-15(16-6-4-3-5-7-16)13-22-21(25)17-12-20(24)23(14-17)18-8-10-19(26-2)11-9-18/h3-11,15,17H,12-14H2,1-2H3,(H,22,25)/t15-,17+/m1/s1. The molecule has 0 unspecified atom stereocenters. The van der Waals surface area contributed by atoms with E-state index in [1.165, 1.54) is 5.56 Å². The van der Waals surface area contributed by atoms with Gasteiger partial charge < -0.3 is 15.0 Å². The number of methoxy groups -OCH3 is 1. The third-order valence-electron chi connectivity index (χ3n) is 4.83. The van der Waals surface area contributed by atoms with E-state index in [-0.39, 0.29) is 30.1 Å². The second-order valence-electron chi connectivity index (χ2n) is 6.66. The molecule has 1 fully saturated rings. The van der Waals surface area contributed by atoms with Gasteiger partial charge in [0.1, 0.15) is 5.75 Å². The maximum Gasteiger partial charge on any atom is 0.227 e. The summed E-state index contributed by atoms with van der Waals surface area (Å²) in [6, 6.07) is 17.4. The van der Waals surface area contributed by atoms with E-state index in [1.54, 1.807) is 12.0 Å². The third kappa shape index (κ3) is 4.04. The van der Waals surface area contributed by atoms with E-state index in [1.807, 2.05) is 42.5 Å². The van der Waals surface area contributed by atoms with Crippen LogP contribution in [0.15, 0.2) is 54.6 Å². The van der Waals surface area contributed by atoms with E-state index in [2.05, 4.69) is 24.4 Å². The van der Waals surface area contributed by atoms with Gasteiger partial charge in [0, 0.05) is 25.2 Å². The topological polar surface area (TPSA) is 58.6 Å². The highest BCUT2D eigenvalue weighted by atomic mass is 16.5. The molecular weight excluding hydrogens is 328 g/mol. The number of amides is 2. The van der Waals surface area contributed by atoms with Crippen LogP contribution in [0.1, 0.15) is 24.8 Å². The van der Waals surface area contributed by atoms with Gasteiger partial charge in [0.2, 0.25) is 11.8 Å². The highest BCUT2D eigenvalue weighted by molar-refractivity contribution is 6.00. The lowest BCUT2D eigenvalue weighted by molar-refractivity contribution is -0.126. The van der Waals surface area contributed by atoms with E-state index in [9.17, 15) is 9.59 Å². The molecule has 5 nitrogen and oxygen atoms in total. The molecule has 1 aliphatic rings. The monoisotopic (exact) mass is 352 g/mol. The fraction of sp³-hybridized carbons (Fsp3) is 0.333. The number of nitrogens with one attached hydrogen (secondary N) is 1. The Kier molecular flexibility index (Phi) is 5.56. The molecule has 1 N–H and O–H groups in total. The van der Waals surface area contributed by atoms with E-state index in [4.69, 9.17) is 4.74 Å². The summed E-state index contributed by atoms with van der Waals surface area (Å²) in [6.07, 6.45) is 0.248. The number of ether oxygens (including phenoxy) is 1. The van der Waals surface area contributed by atoms with Crippen LogP contribution in [-0.2, 0) is 9.59 Å². The second-order valence-corrected chi connectivity index (χ2v) is 6.66. The first kappa shape index (κ1) is 18.0. The number of hydrogen-bond acceptors (Lipinski definition) is 3. The van der Waals surface area contributed by atoms with Crippen LogP contribution >= 0.6 is 0 Å². The zero-order valence-electron chi connectivity index (χ0n) is 15.1. The lowest BCUT2D eigenvalue weighted by atomic mass is 10.0. The summed E-state index contributed by atoms with van der Waals surface area (Å²) in [5.41, 5.74) is 1.99. The van der Waals surface area contributed by atoms with Crippen molar-refractivity contribution < 1.29 is 14.3 Å². The third-order valence-corrected chi connectivity index (χ3v) is 4.83. The van der Waals surface area contributed by atoms with Crippen molar-refractivity contribution in [3.63, 3.8) is 0 Å². The van der Waals surface area contributed by atoms with Crippen LogP contribution in [0.25, 0.3) is 0 Å². The molecule has 5 heteroatoms. The minimum absolute atomic E-state index is 0.0218. The van der Waals surface area contributed by atoms with E-state index >= 15 is 0 Å². The number of anilines is 1. The molecule has 1 heterocycles. The van der Waals surface area contributed by atoms with Crippen molar-refractivity contribution in [2.75, 3.05) is 25.1 Å². The van der Waals surface area contributed by atoms with Gasteiger partial charge in [-0.2, -0.15) is 0 Å². The van der Waals surface area contributed by atoms with Gasteiger partial charge in [-0.25, -0.2) is 0 Å². The zero-order chi connectivity index (χ0) is 18.5. The number of carbonyl (C=O) groups is 2. The Hall–Kier alpha value is -2.82. The summed E-state index contributed by atoms with van der Waals surface area (Å²) < 4.78 is 5.14. The van der Waals surface area contributed by atoms with Crippen molar-refractivity contribution in [3.05, 3.63) is 60.2 Å². The Morgan fingerprint density at radius 3 is 2.54 bits per heavy atom. The highest BCUT2D eigenvalue weighted by Gasteiger charge is 2.35. The highest BCUT2D eigenvalue weighted by Crippen LogP contribution is 2.27. The van der Waals surface area contributed by atoms with Crippen LogP contribution < -0.4 is 15.0 Å². The minimum atomic E-state index is -0.312. The molecule has 2 aromatic carbocycles. The molecule has 136 valence electrons. The number of nitrogens with zero attached hydrogens (tertiary/aromatic N) is 1. The van der Waals surface area contributed by atoms with Crippen LogP contribution in [-0.4, -0.2) is 32.0 Å². The Morgan fingerprint density at radius 2 is 1.88 bits per heavy atom. The smallest absolute Gasteiger partial charge is 0.227 e. The summed E-state index contributed by atoms with van der Waals surface area (Å²) in [7, 11) is 1.60. The maximum absolute atomic E-state index is 12.5. The van der Waals surface area contributed by atoms with Crippen molar-refractivity contribution in [2.45, 2.75) is 19.3 Å². The van der Waals surface area contributed by atoms with Crippen LogP contribution in [0.2, 0.25) is 0 Å². The number of benzene rings is 2. The quantitative estimate of drug-likeness (QED) is 0.869. The van der Waals surface area contributed by atoms with Crippen LogP contribution in [0.4, 0.5) is 5.69 Å². The van der Waals surface area contributed by atoms with Crippen molar-refractivity contribution >= 4 is 17.5 Å². The molecule has 1 aliphatic heterocycles. The van der Waals surface area contributed by atoms with Gasteiger partial charge in [0.15, 0.2) is 0 Å². The number of carbonyl (C=O) groups excluding carboxylic acids is 2. The van der Waals surface area contributed by atoms with Crippen LogP contribution in [0.5, 0.6) is 5.75 Å². The van der Waals surface area contributed by atoms with Crippen LogP contribution in [0.3, 0.4) is 0 Å². The Bertz CT molecular complexity index is 759. The molecular formula is C21H24N2O3. The molecule has 3 rings (SSSR count). The predicted octanol–water partition coefficient (Wildman–Crippen LogP) is 2.97. The fourth-order valence-electron chi connectivity index (χ4n) is 3.19. The molecule has 0 aliphatic carbocycles. The van der Waals surface area contributed by atoms with Gasteiger partial charge in [0.25, 0.3) is 0 Å². The fourth-order valence-corrected chi connectivity index (χ4v) is 3.19. The summed E-state index contributed by atoms with van der Waals surface area (Å²) in [6.45, 7) is 3.06. The first-order valence-electron chi connectivity index (χ1n) is 8.85. The van der Waals surface area contributed by atoms with Gasteiger partial charge in [-0.05, 0) is 35.7 Å². The van der Waals surface area contributed by atoms with Crippen LogP contribution in [0, 0.1) is 5.92 Å². The predicted molar refractivity (Wildman–Crippen MR) is 101 cm³/mol. The zero-order valence-corrected chi connectivity index (χ0v) is 15.1. The number of rotatable bonds is 6. The molecule has 0 bridgehead atoms. The summed E-state index contributed by atoms with van der Waals surface area (Å²) >= 11 is 0. The second kappa shape index (κ2) is 8.04. The summed E-state index contributed by atoms with van der Waals surface area (Å²) in [4.78, 5) is 26.5. The van der Waals surface area contributed by atoms with E-state index in [0.717, 1.165) is 11.4 Å². The first-order chi connectivity index (χ1) is 12.6. The largest absolute Gasteiger partial charge is 0.497 e. The Balaban J connectivity index is 1.56. The average molecular weight is 352 g/mol. The summed E-state index contributed by atoms with van der Waals surface area (Å²) in [5.74, 6) is 0.579. The van der Waals surface area contributed by atoms with Gasteiger partial charge in [-0.1, -0.05) is 37.3 Å². The Labute approximate surface area is 154 Å². The van der Waals surface area contributed by atoms with Crippen molar-refractivity contribution in [1.82, 2.24) is 5.32 Å². The molecule has 1 saturated heterocycles. The average Bonchev–Trinajstić information content (AvgIpc) is 3.08. The van der Waals surface area contributed by atoms with Crippen molar-refractivity contribution in [1.29, 1.82) is 0 Å². The first-order valence-corrected chi connectivity index (χ1v) is 8.85. The lowest BCUT2D eigenvalue weighted by Crippen LogP contribution is -2.35. The van der Waals surface area contributed by atoms with E-state index < -0.39 is 0 Å². The number of hydrogen-bond donors (Lipinski definition) is 1. The maximum atomic E-state index is 12.5. The van der Waals surface area contributed by atoms with Gasteiger partial charge in [0.05, 0.1) is 13.0 Å².